The number of ether oxygens (including phenoxy) is 1. The molecule has 0 aliphatic heterocycles. The summed E-state index contributed by atoms with van der Waals surface area (Å²) in [7, 11) is 1.23. The molecule has 134 valence electrons. The van der Waals surface area contributed by atoms with Crippen LogP contribution >= 0.6 is 0 Å². The van der Waals surface area contributed by atoms with Gasteiger partial charge in [-0.3, -0.25) is 19.7 Å². The Bertz CT molecular complexity index is 687. The van der Waals surface area contributed by atoms with Crippen LogP contribution in [0.25, 0.3) is 0 Å². The summed E-state index contributed by atoms with van der Waals surface area (Å²) in [5, 5.41) is 13.4. The molecule has 0 spiro atoms. The van der Waals surface area contributed by atoms with Crippen LogP contribution in [0.5, 0.6) is 0 Å². The van der Waals surface area contributed by atoms with Crippen molar-refractivity contribution in [2.45, 2.75) is 38.1 Å². The minimum Gasteiger partial charge on any atom is -0.467 e. The average Bonchev–Trinajstić information content (AvgIpc) is 2.59. The molecule has 0 saturated heterocycles. The largest absolute Gasteiger partial charge is 0.467 e. The predicted octanol–water partition coefficient (Wildman–Crippen LogP) is 1.55. The highest BCUT2D eigenvalue weighted by Crippen LogP contribution is 2.25. The van der Waals surface area contributed by atoms with Gasteiger partial charge in [0, 0.05) is 25.0 Å². The van der Waals surface area contributed by atoms with Gasteiger partial charge in [-0.15, -0.1) is 0 Å². The fraction of sp³-hybridized carbons (Fsp3) is 0.471. The summed E-state index contributed by atoms with van der Waals surface area (Å²) < 4.78 is 4.75. The Kier molecular flexibility index (Phi) is 6.21. The van der Waals surface area contributed by atoms with E-state index in [0.717, 1.165) is 0 Å². The highest BCUT2D eigenvalue weighted by molar-refractivity contribution is 5.87. The predicted molar refractivity (Wildman–Crippen MR) is 87.7 cm³/mol. The zero-order chi connectivity index (χ0) is 18.4. The van der Waals surface area contributed by atoms with E-state index < -0.39 is 22.8 Å². The standard InChI is InChI=1S/C17H20N2O6/c1-25-17(22)16(12-5-3-7-14(20)10-12)18-15(21)9-11-4-2-6-13(8-11)19(23)24/h2,4,6,8,12,16H,3,5,7,9-10H2,1H3,(H,18,21)/t12-,16-/m0/s1. The summed E-state index contributed by atoms with van der Waals surface area (Å²) >= 11 is 0. The first-order valence-corrected chi connectivity index (χ1v) is 8.03. The van der Waals surface area contributed by atoms with Crippen molar-refractivity contribution in [2.75, 3.05) is 7.11 Å². The molecule has 0 bridgehead atoms. The third kappa shape index (κ3) is 5.10. The maximum atomic E-state index is 12.3. The van der Waals surface area contributed by atoms with Crippen molar-refractivity contribution in [1.82, 2.24) is 5.32 Å². The van der Waals surface area contributed by atoms with Crippen LogP contribution in [-0.2, 0) is 25.5 Å². The van der Waals surface area contributed by atoms with Crippen LogP contribution in [0, 0.1) is 16.0 Å². The van der Waals surface area contributed by atoms with Gasteiger partial charge < -0.3 is 10.1 Å². The number of benzene rings is 1. The molecule has 1 aromatic rings. The highest BCUT2D eigenvalue weighted by Gasteiger charge is 2.34. The lowest BCUT2D eigenvalue weighted by molar-refractivity contribution is -0.384. The lowest BCUT2D eigenvalue weighted by Crippen LogP contribution is -2.48. The molecule has 8 nitrogen and oxygen atoms in total. The van der Waals surface area contributed by atoms with Gasteiger partial charge >= 0.3 is 5.97 Å². The van der Waals surface area contributed by atoms with Gasteiger partial charge in [0.1, 0.15) is 11.8 Å². The molecule has 1 saturated carbocycles. The van der Waals surface area contributed by atoms with E-state index in [2.05, 4.69) is 5.32 Å². The van der Waals surface area contributed by atoms with Crippen LogP contribution in [0.15, 0.2) is 24.3 Å². The summed E-state index contributed by atoms with van der Waals surface area (Å²) in [4.78, 5) is 46.2. The second kappa shape index (κ2) is 8.36. The van der Waals surface area contributed by atoms with Gasteiger partial charge in [0.25, 0.3) is 5.69 Å². The molecule has 0 aromatic heterocycles. The Labute approximate surface area is 144 Å². The summed E-state index contributed by atoms with van der Waals surface area (Å²) in [6.45, 7) is 0. The van der Waals surface area contributed by atoms with Crippen LogP contribution in [0.1, 0.15) is 31.2 Å². The summed E-state index contributed by atoms with van der Waals surface area (Å²) in [5.41, 5.74) is 0.364. The number of esters is 1. The van der Waals surface area contributed by atoms with Crippen molar-refractivity contribution in [2.24, 2.45) is 5.92 Å². The average molecular weight is 348 g/mol. The van der Waals surface area contributed by atoms with Crippen LogP contribution in [0.3, 0.4) is 0 Å². The first-order valence-electron chi connectivity index (χ1n) is 8.03. The van der Waals surface area contributed by atoms with E-state index in [9.17, 15) is 24.5 Å². The Hall–Kier alpha value is -2.77. The van der Waals surface area contributed by atoms with Crippen molar-refractivity contribution in [3.05, 3.63) is 39.9 Å². The van der Waals surface area contributed by atoms with Crippen LogP contribution < -0.4 is 5.32 Å². The first kappa shape index (κ1) is 18.6. The highest BCUT2D eigenvalue weighted by atomic mass is 16.6. The number of nitro groups is 1. The molecule has 0 radical (unpaired) electrons. The van der Waals surface area contributed by atoms with Gasteiger partial charge in [-0.2, -0.15) is 0 Å². The number of rotatable bonds is 6. The summed E-state index contributed by atoms with van der Waals surface area (Å²) in [5.74, 6) is -1.26. The van der Waals surface area contributed by atoms with Crippen molar-refractivity contribution < 1.29 is 24.0 Å². The van der Waals surface area contributed by atoms with Crippen LogP contribution in [0.4, 0.5) is 5.69 Å². The number of hydrogen-bond acceptors (Lipinski definition) is 6. The van der Waals surface area contributed by atoms with Crippen molar-refractivity contribution in [1.29, 1.82) is 0 Å². The topological polar surface area (TPSA) is 116 Å². The molecule has 0 heterocycles. The molecule has 1 aromatic carbocycles. The van der Waals surface area contributed by atoms with E-state index in [1.165, 1.54) is 25.3 Å². The zero-order valence-corrected chi connectivity index (χ0v) is 13.9. The normalized spacial score (nSPS) is 18.3. The maximum Gasteiger partial charge on any atom is 0.328 e. The maximum absolute atomic E-state index is 12.3. The number of ketones is 1. The fourth-order valence-corrected chi connectivity index (χ4v) is 3.03. The fourth-order valence-electron chi connectivity index (χ4n) is 3.03. The smallest absolute Gasteiger partial charge is 0.328 e. The first-order chi connectivity index (χ1) is 11.9. The van der Waals surface area contributed by atoms with Gasteiger partial charge in [-0.1, -0.05) is 12.1 Å². The number of hydrogen-bond donors (Lipinski definition) is 1. The third-order valence-corrected chi connectivity index (χ3v) is 4.25. The van der Waals surface area contributed by atoms with E-state index in [-0.39, 0.29) is 30.2 Å². The number of methoxy groups -OCH3 is 1. The number of nitro benzene ring substituents is 1. The number of amides is 1. The van der Waals surface area contributed by atoms with E-state index in [1.807, 2.05) is 0 Å². The van der Waals surface area contributed by atoms with Gasteiger partial charge in [-0.25, -0.2) is 4.79 Å². The van der Waals surface area contributed by atoms with Gasteiger partial charge in [-0.05, 0) is 24.3 Å². The Morgan fingerprint density at radius 2 is 2.20 bits per heavy atom. The Morgan fingerprint density at radius 3 is 2.84 bits per heavy atom. The Morgan fingerprint density at radius 1 is 1.44 bits per heavy atom. The van der Waals surface area contributed by atoms with Gasteiger partial charge in [0.2, 0.25) is 5.91 Å². The third-order valence-electron chi connectivity index (χ3n) is 4.25. The molecule has 25 heavy (non-hydrogen) atoms. The molecule has 1 N–H and O–H groups in total. The minimum atomic E-state index is -0.888. The SMILES string of the molecule is COC(=O)[C@@H](NC(=O)Cc1cccc([N+](=O)[O-])c1)[C@H]1CCCC(=O)C1. The quantitative estimate of drug-likeness (QED) is 0.474. The lowest BCUT2D eigenvalue weighted by Gasteiger charge is -2.28. The van der Waals surface area contributed by atoms with E-state index >= 15 is 0 Å². The van der Waals surface area contributed by atoms with E-state index in [4.69, 9.17) is 4.74 Å². The van der Waals surface area contributed by atoms with Gasteiger partial charge in [0.15, 0.2) is 0 Å². The van der Waals surface area contributed by atoms with Crippen LogP contribution in [-0.4, -0.2) is 35.7 Å². The number of non-ortho nitro benzene ring substituents is 1. The van der Waals surface area contributed by atoms with Crippen molar-refractivity contribution in [3.63, 3.8) is 0 Å². The van der Waals surface area contributed by atoms with Gasteiger partial charge in [0.05, 0.1) is 18.5 Å². The number of Topliss-reactive ketones (excluding diaryl/α,β-unsaturated/α-hetero) is 1. The zero-order valence-electron chi connectivity index (χ0n) is 13.9. The molecular weight excluding hydrogens is 328 g/mol. The molecule has 2 atom stereocenters. The Balaban J connectivity index is 2.06. The number of carbonyl (C=O) groups excluding carboxylic acids is 3. The van der Waals surface area contributed by atoms with E-state index in [0.29, 0.717) is 24.8 Å². The van der Waals surface area contributed by atoms with Crippen LogP contribution in [0.2, 0.25) is 0 Å². The summed E-state index contributed by atoms with van der Waals surface area (Å²) in [6, 6.07) is 4.87. The molecule has 1 aliphatic carbocycles. The van der Waals surface area contributed by atoms with Crippen molar-refractivity contribution in [3.8, 4) is 0 Å². The number of carbonyl (C=O) groups is 3. The molecule has 1 amide bonds. The second-order valence-corrected chi connectivity index (χ2v) is 6.07. The number of nitrogens with zero attached hydrogens (tertiary/aromatic N) is 1. The lowest BCUT2D eigenvalue weighted by atomic mass is 9.83. The summed E-state index contributed by atoms with van der Waals surface area (Å²) in [6.07, 6.45) is 1.96. The number of nitrogens with one attached hydrogen (secondary N) is 1. The molecule has 1 aliphatic rings. The molecule has 1 fully saturated rings. The molecule has 8 heteroatoms. The van der Waals surface area contributed by atoms with Crippen molar-refractivity contribution >= 4 is 23.3 Å². The molecular formula is C17H20N2O6. The second-order valence-electron chi connectivity index (χ2n) is 6.07. The minimum absolute atomic E-state index is 0.0677. The molecule has 2 rings (SSSR count). The molecule has 0 unspecified atom stereocenters. The monoisotopic (exact) mass is 348 g/mol. The van der Waals surface area contributed by atoms with E-state index in [1.54, 1.807) is 6.07 Å².